The third-order valence-electron chi connectivity index (χ3n) is 5.89. The van der Waals surface area contributed by atoms with Gasteiger partial charge in [-0.05, 0) is 47.5 Å². The van der Waals surface area contributed by atoms with E-state index in [1.165, 1.54) is 10.9 Å². The van der Waals surface area contributed by atoms with Gasteiger partial charge >= 0.3 is 0 Å². The molecule has 0 aliphatic rings. The summed E-state index contributed by atoms with van der Waals surface area (Å²) in [7, 11) is -1.24. The van der Waals surface area contributed by atoms with Gasteiger partial charge in [0, 0.05) is 26.3 Å². The Hall–Kier alpha value is -2.82. The average molecular weight is 546 g/mol. The minimum Gasteiger partial charge on any atom is -0.508 e. The summed E-state index contributed by atoms with van der Waals surface area (Å²) in [4.78, 5) is 13.6. The number of aromatic hydroxyl groups is 1. The highest BCUT2D eigenvalue weighted by molar-refractivity contribution is 9.10. The maximum Gasteiger partial charge on any atom is 0.214 e. The number of phenols is 1. The average Bonchev–Trinajstić information content (AvgIpc) is 3.43. The second kappa shape index (κ2) is 9.08. The van der Waals surface area contributed by atoms with Crippen molar-refractivity contribution in [3.8, 4) is 11.4 Å². The number of fused-ring (bicyclic) bond motifs is 1. The van der Waals surface area contributed by atoms with Crippen LogP contribution in [0.2, 0.25) is 25.7 Å². The Balaban J connectivity index is 1.71. The van der Waals surface area contributed by atoms with E-state index in [1.807, 2.05) is 6.92 Å². The Bertz CT molecular complexity index is 1380. The molecule has 0 bridgehead atoms. The van der Waals surface area contributed by atoms with Gasteiger partial charge in [-0.15, -0.1) is 0 Å². The van der Waals surface area contributed by atoms with Gasteiger partial charge in [0.05, 0.1) is 27.6 Å². The number of halogens is 1. The molecule has 0 spiro atoms. The first-order valence-electron chi connectivity index (χ1n) is 11.0. The standard InChI is InChI=1S/C24H29BrN4O4Si/c1-14-6-7-19(30)15(2)21(14)29-24(26)16(11-27-29)23(31)18-10-20-22(17(25)12-33-20)28(18)13-32-8-9-34(3,4)5/h6-7,10-12,30H,8-9,13,26H2,1-5H3. The number of rotatable bonds is 8. The molecule has 3 N–H and O–H groups in total. The first kappa shape index (κ1) is 24.3. The molecular formula is C24H29BrN4O4Si. The molecule has 0 unspecified atom stereocenters. The molecule has 0 fully saturated rings. The number of nitrogens with two attached hydrogens (primary N) is 1. The van der Waals surface area contributed by atoms with Gasteiger partial charge in [0.25, 0.3) is 0 Å². The van der Waals surface area contributed by atoms with Crippen LogP contribution in [0, 0.1) is 13.8 Å². The molecule has 3 aromatic heterocycles. The lowest BCUT2D eigenvalue weighted by Crippen LogP contribution is -2.22. The summed E-state index contributed by atoms with van der Waals surface area (Å²) in [6, 6.07) is 6.14. The molecule has 0 atom stereocenters. The number of anilines is 1. The second-order valence-corrected chi connectivity index (χ2v) is 16.1. The van der Waals surface area contributed by atoms with Gasteiger partial charge in [0.1, 0.15) is 30.1 Å². The normalized spacial score (nSPS) is 12.1. The monoisotopic (exact) mass is 544 g/mol. The maximum atomic E-state index is 13.6. The van der Waals surface area contributed by atoms with Crippen LogP contribution in [-0.4, -0.2) is 39.9 Å². The lowest BCUT2D eigenvalue weighted by Gasteiger charge is -2.16. The Kier molecular flexibility index (Phi) is 6.49. The van der Waals surface area contributed by atoms with Crippen LogP contribution in [0.3, 0.4) is 0 Å². The summed E-state index contributed by atoms with van der Waals surface area (Å²) in [5, 5.41) is 14.5. The Labute approximate surface area is 207 Å². The number of ketones is 1. The second-order valence-electron chi connectivity index (χ2n) is 9.66. The number of ether oxygens (including phenoxy) is 1. The van der Waals surface area contributed by atoms with E-state index in [4.69, 9.17) is 14.9 Å². The zero-order valence-electron chi connectivity index (χ0n) is 20.0. The van der Waals surface area contributed by atoms with Gasteiger partial charge in [-0.2, -0.15) is 5.10 Å². The van der Waals surface area contributed by atoms with Crippen molar-refractivity contribution >= 4 is 46.7 Å². The Morgan fingerprint density at radius 2 is 2.03 bits per heavy atom. The number of benzene rings is 1. The largest absolute Gasteiger partial charge is 0.508 e. The summed E-state index contributed by atoms with van der Waals surface area (Å²) < 4.78 is 15.6. The number of hydrogen-bond acceptors (Lipinski definition) is 6. The highest BCUT2D eigenvalue weighted by Gasteiger charge is 2.26. The quantitative estimate of drug-likeness (QED) is 0.169. The van der Waals surface area contributed by atoms with E-state index in [9.17, 15) is 9.90 Å². The van der Waals surface area contributed by atoms with E-state index in [1.54, 1.807) is 36.0 Å². The van der Waals surface area contributed by atoms with Gasteiger partial charge in [0.2, 0.25) is 5.78 Å². The smallest absolute Gasteiger partial charge is 0.214 e. The van der Waals surface area contributed by atoms with Gasteiger partial charge in [0.15, 0.2) is 5.58 Å². The minimum atomic E-state index is -1.24. The fourth-order valence-corrected chi connectivity index (χ4v) is 5.15. The molecule has 10 heteroatoms. The molecule has 180 valence electrons. The molecule has 0 amide bonds. The summed E-state index contributed by atoms with van der Waals surface area (Å²) in [5.74, 6) is 0.0501. The predicted molar refractivity (Wildman–Crippen MR) is 139 cm³/mol. The molecule has 0 saturated carbocycles. The Morgan fingerprint density at radius 3 is 2.74 bits per heavy atom. The van der Waals surface area contributed by atoms with Crippen molar-refractivity contribution in [1.82, 2.24) is 14.3 Å². The first-order valence-corrected chi connectivity index (χ1v) is 15.5. The number of aromatic nitrogens is 3. The molecular weight excluding hydrogens is 516 g/mol. The molecule has 34 heavy (non-hydrogen) atoms. The fraction of sp³-hybridized carbons (Fsp3) is 0.333. The number of aryl methyl sites for hydroxylation is 1. The van der Waals surface area contributed by atoms with E-state index in [0.29, 0.717) is 29.1 Å². The minimum absolute atomic E-state index is 0.137. The number of nitrogen functional groups attached to an aromatic ring is 1. The molecule has 0 saturated heterocycles. The molecule has 0 aliphatic carbocycles. The van der Waals surface area contributed by atoms with Crippen LogP contribution in [0.5, 0.6) is 5.75 Å². The van der Waals surface area contributed by atoms with Crippen LogP contribution < -0.4 is 5.73 Å². The van der Waals surface area contributed by atoms with Gasteiger partial charge in [-0.25, -0.2) is 4.68 Å². The zero-order valence-corrected chi connectivity index (χ0v) is 22.6. The number of carbonyl (C=O) groups excluding carboxylic acids is 1. The van der Waals surface area contributed by atoms with Gasteiger partial charge in [-0.3, -0.25) is 4.79 Å². The van der Waals surface area contributed by atoms with Crippen LogP contribution >= 0.6 is 15.9 Å². The van der Waals surface area contributed by atoms with Crippen molar-refractivity contribution in [3.63, 3.8) is 0 Å². The van der Waals surface area contributed by atoms with E-state index >= 15 is 0 Å². The predicted octanol–water partition coefficient (Wildman–Crippen LogP) is 5.63. The molecule has 4 rings (SSSR count). The van der Waals surface area contributed by atoms with Crippen LogP contribution in [0.25, 0.3) is 16.8 Å². The van der Waals surface area contributed by atoms with Crippen LogP contribution in [0.15, 0.2) is 39.5 Å². The van der Waals surface area contributed by atoms with Crippen molar-refractivity contribution in [2.45, 2.75) is 46.3 Å². The summed E-state index contributed by atoms with van der Waals surface area (Å²) in [6.07, 6.45) is 3.05. The van der Waals surface area contributed by atoms with Crippen molar-refractivity contribution in [2.75, 3.05) is 12.3 Å². The third kappa shape index (κ3) is 4.45. The highest BCUT2D eigenvalue weighted by atomic mass is 79.9. The lowest BCUT2D eigenvalue weighted by molar-refractivity contribution is 0.0842. The number of nitrogens with zero attached hydrogens (tertiary/aromatic N) is 3. The summed E-state index contributed by atoms with van der Waals surface area (Å²) in [5.41, 5.74) is 10.6. The summed E-state index contributed by atoms with van der Waals surface area (Å²) in [6.45, 7) is 11.4. The van der Waals surface area contributed by atoms with Crippen LogP contribution in [0.4, 0.5) is 5.82 Å². The molecule has 8 nitrogen and oxygen atoms in total. The van der Waals surface area contributed by atoms with E-state index in [-0.39, 0.29) is 29.6 Å². The SMILES string of the molecule is Cc1ccc(O)c(C)c1-n1ncc(C(=O)c2cc3occ(Br)c3n2COCC[Si](C)(C)C)c1N. The summed E-state index contributed by atoms with van der Waals surface area (Å²) >= 11 is 3.51. The number of carbonyl (C=O) groups is 1. The maximum absolute atomic E-state index is 13.6. The van der Waals surface area contributed by atoms with Crippen molar-refractivity contribution < 1.29 is 19.1 Å². The van der Waals surface area contributed by atoms with E-state index in [0.717, 1.165) is 21.6 Å². The number of furan rings is 1. The topological polar surface area (TPSA) is 108 Å². The number of hydrogen-bond donors (Lipinski definition) is 2. The third-order valence-corrected chi connectivity index (χ3v) is 8.16. The van der Waals surface area contributed by atoms with E-state index in [2.05, 4.69) is 40.7 Å². The van der Waals surface area contributed by atoms with Gasteiger partial charge in [-0.1, -0.05) is 25.7 Å². The molecule has 1 aromatic carbocycles. The van der Waals surface area contributed by atoms with Crippen molar-refractivity contribution in [3.05, 3.63) is 57.5 Å². The molecule has 4 aromatic rings. The molecule has 0 aliphatic heterocycles. The van der Waals surface area contributed by atoms with Gasteiger partial charge < -0.3 is 24.6 Å². The van der Waals surface area contributed by atoms with E-state index < -0.39 is 8.07 Å². The fourth-order valence-electron chi connectivity index (χ4n) is 3.89. The van der Waals surface area contributed by atoms with Crippen molar-refractivity contribution in [2.24, 2.45) is 0 Å². The van der Waals surface area contributed by atoms with Crippen molar-refractivity contribution in [1.29, 1.82) is 0 Å². The first-order chi connectivity index (χ1) is 16.0. The highest BCUT2D eigenvalue weighted by Crippen LogP contribution is 2.33. The van der Waals surface area contributed by atoms with Crippen LogP contribution in [-0.2, 0) is 11.5 Å². The lowest BCUT2D eigenvalue weighted by atomic mass is 10.1. The van der Waals surface area contributed by atoms with Crippen LogP contribution in [0.1, 0.15) is 27.2 Å². The number of phenolic OH excluding ortho intramolecular Hbond substituents is 1. The molecule has 0 radical (unpaired) electrons. The molecule has 3 heterocycles. The zero-order chi connectivity index (χ0) is 24.8. The Morgan fingerprint density at radius 1 is 1.29 bits per heavy atom.